The molecule has 3 rings (SSSR count). The molecule has 1 saturated heterocycles. The summed E-state index contributed by atoms with van der Waals surface area (Å²) in [6, 6.07) is 11.8. The Morgan fingerprint density at radius 3 is 2.72 bits per heavy atom. The summed E-state index contributed by atoms with van der Waals surface area (Å²) < 4.78 is 5.54. The summed E-state index contributed by atoms with van der Waals surface area (Å²) in [5, 5.41) is 6.62. The summed E-state index contributed by atoms with van der Waals surface area (Å²) in [4.78, 5) is 18.4. The van der Waals surface area contributed by atoms with E-state index in [2.05, 4.69) is 15.6 Å². The van der Waals surface area contributed by atoms with E-state index in [0.717, 1.165) is 22.8 Å². The number of hydrogen-bond donors (Lipinski definition) is 2. The Balaban J connectivity index is 1.57. The van der Waals surface area contributed by atoms with Gasteiger partial charge in [-0.1, -0.05) is 18.2 Å². The van der Waals surface area contributed by atoms with Gasteiger partial charge < -0.3 is 20.0 Å². The van der Waals surface area contributed by atoms with Crippen LogP contribution in [-0.4, -0.2) is 31.5 Å². The van der Waals surface area contributed by atoms with Crippen LogP contribution in [0, 0.1) is 13.8 Å². The number of furan rings is 1. The number of carbonyl (C=O) groups is 1. The first-order valence-corrected chi connectivity index (χ1v) is 8.45. The first-order chi connectivity index (χ1) is 12.1. The normalized spacial score (nSPS) is 17.9. The number of anilines is 1. The average molecular weight is 340 g/mol. The maximum atomic E-state index is 12.3. The summed E-state index contributed by atoms with van der Waals surface area (Å²) >= 11 is 0. The van der Waals surface area contributed by atoms with Gasteiger partial charge in [-0.25, -0.2) is 0 Å². The quantitative estimate of drug-likeness (QED) is 0.662. The third-order valence-corrected chi connectivity index (χ3v) is 4.35. The Labute approximate surface area is 147 Å². The van der Waals surface area contributed by atoms with Crippen LogP contribution in [-0.2, 0) is 11.3 Å². The minimum atomic E-state index is 0.0334. The van der Waals surface area contributed by atoms with Gasteiger partial charge in [-0.3, -0.25) is 9.79 Å². The minimum absolute atomic E-state index is 0.0334. The van der Waals surface area contributed by atoms with Gasteiger partial charge >= 0.3 is 0 Å². The second-order valence-corrected chi connectivity index (χ2v) is 6.25. The number of nitrogens with one attached hydrogen (secondary N) is 2. The van der Waals surface area contributed by atoms with Crippen molar-refractivity contribution in [2.75, 3.05) is 18.5 Å². The number of amides is 1. The summed E-state index contributed by atoms with van der Waals surface area (Å²) in [5.74, 6) is 2.62. The number of guanidine groups is 1. The average Bonchev–Trinajstić information content (AvgIpc) is 3.13. The molecule has 1 amide bonds. The molecule has 1 aromatic heterocycles. The van der Waals surface area contributed by atoms with Crippen molar-refractivity contribution in [2.24, 2.45) is 4.99 Å². The molecule has 2 N–H and O–H groups in total. The van der Waals surface area contributed by atoms with Crippen LogP contribution in [0.5, 0.6) is 0 Å². The van der Waals surface area contributed by atoms with Crippen molar-refractivity contribution in [3.63, 3.8) is 0 Å². The molecule has 1 aromatic carbocycles. The van der Waals surface area contributed by atoms with Gasteiger partial charge in [0.15, 0.2) is 5.96 Å². The van der Waals surface area contributed by atoms with Crippen molar-refractivity contribution in [1.82, 2.24) is 10.6 Å². The van der Waals surface area contributed by atoms with Gasteiger partial charge in [-0.15, -0.1) is 0 Å². The van der Waals surface area contributed by atoms with Crippen molar-refractivity contribution in [2.45, 2.75) is 32.9 Å². The Kier molecular flexibility index (Phi) is 5.07. The number of rotatable bonds is 4. The first-order valence-electron chi connectivity index (χ1n) is 8.45. The van der Waals surface area contributed by atoms with E-state index in [9.17, 15) is 4.79 Å². The zero-order valence-electron chi connectivity index (χ0n) is 14.9. The molecule has 0 saturated carbocycles. The van der Waals surface area contributed by atoms with Crippen LogP contribution in [0.4, 0.5) is 5.69 Å². The van der Waals surface area contributed by atoms with Crippen LogP contribution in [0.2, 0.25) is 0 Å². The molecule has 1 aliphatic rings. The van der Waals surface area contributed by atoms with Crippen LogP contribution < -0.4 is 15.5 Å². The Hall–Kier alpha value is -2.76. The lowest BCUT2D eigenvalue weighted by Gasteiger charge is -2.19. The molecular weight excluding hydrogens is 316 g/mol. The molecule has 132 valence electrons. The van der Waals surface area contributed by atoms with Crippen molar-refractivity contribution < 1.29 is 9.21 Å². The van der Waals surface area contributed by atoms with E-state index in [1.165, 1.54) is 0 Å². The molecule has 1 aliphatic heterocycles. The third kappa shape index (κ3) is 4.02. The van der Waals surface area contributed by atoms with Gasteiger partial charge in [0.25, 0.3) is 0 Å². The number of aryl methyl sites for hydroxylation is 2. The highest BCUT2D eigenvalue weighted by molar-refractivity contribution is 5.97. The maximum Gasteiger partial charge on any atom is 0.229 e. The van der Waals surface area contributed by atoms with Crippen LogP contribution in [0.3, 0.4) is 0 Å². The van der Waals surface area contributed by atoms with Gasteiger partial charge in [-0.2, -0.15) is 0 Å². The van der Waals surface area contributed by atoms with Crippen molar-refractivity contribution >= 4 is 17.6 Å². The lowest BCUT2D eigenvalue weighted by molar-refractivity contribution is -0.117. The van der Waals surface area contributed by atoms with Crippen LogP contribution >= 0.6 is 0 Å². The second-order valence-electron chi connectivity index (χ2n) is 6.25. The fraction of sp³-hybridized carbons (Fsp3) is 0.368. The Bertz CT molecular complexity index is 767. The molecule has 2 heterocycles. The zero-order valence-corrected chi connectivity index (χ0v) is 14.9. The van der Waals surface area contributed by atoms with Crippen molar-refractivity contribution in [3.8, 4) is 0 Å². The fourth-order valence-corrected chi connectivity index (χ4v) is 3.09. The SMILES string of the molecule is CN=C(NCc1cc(C)oc1C)NC1CC(=O)N(c2ccccc2)C1. The van der Waals surface area contributed by atoms with Gasteiger partial charge in [-0.05, 0) is 32.0 Å². The highest BCUT2D eigenvalue weighted by Crippen LogP contribution is 2.21. The molecule has 0 radical (unpaired) electrons. The zero-order chi connectivity index (χ0) is 17.8. The monoisotopic (exact) mass is 340 g/mol. The molecule has 0 aliphatic carbocycles. The standard InChI is InChI=1S/C19H24N4O2/c1-13-9-15(14(2)25-13)11-21-19(20-3)22-16-10-18(24)23(12-16)17-7-5-4-6-8-17/h4-9,16H,10-12H2,1-3H3,(H2,20,21,22). The summed E-state index contributed by atoms with van der Waals surface area (Å²) in [7, 11) is 1.73. The molecule has 1 unspecified atom stereocenters. The van der Waals surface area contributed by atoms with E-state index in [4.69, 9.17) is 4.42 Å². The van der Waals surface area contributed by atoms with Gasteiger partial charge in [0.05, 0.1) is 6.04 Å². The van der Waals surface area contributed by atoms with Crippen LogP contribution in [0.1, 0.15) is 23.5 Å². The smallest absolute Gasteiger partial charge is 0.229 e. The first kappa shape index (κ1) is 17.1. The number of hydrogen-bond acceptors (Lipinski definition) is 3. The number of para-hydroxylation sites is 1. The summed E-state index contributed by atoms with van der Waals surface area (Å²) in [6.45, 7) is 5.15. The van der Waals surface area contributed by atoms with E-state index >= 15 is 0 Å². The molecule has 2 aromatic rings. The van der Waals surface area contributed by atoms with Gasteiger partial charge in [0.2, 0.25) is 5.91 Å². The Morgan fingerprint density at radius 2 is 2.08 bits per heavy atom. The Morgan fingerprint density at radius 1 is 1.32 bits per heavy atom. The molecule has 1 fully saturated rings. The minimum Gasteiger partial charge on any atom is -0.466 e. The van der Waals surface area contributed by atoms with E-state index in [1.807, 2.05) is 55.1 Å². The highest BCUT2D eigenvalue weighted by Gasteiger charge is 2.31. The predicted molar refractivity (Wildman–Crippen MR) is 98.7 cm³/mol. The molecule has 1 atom stereocenters. The lowest BCUT2D eigenvalue weighted by Crippen LogP contribution is -2.44. The highest BCUT2D eigenvalue weighted by atomic mass is 16.3. The van der Waals surface area contributed by atoms with Crippen LogP contribution in [0.15, 0.2) is 45.8 Å². The van der Waals surface area contributed by atoms with Gasteiger partial charge in [0, 0.05) is 37.8 Å². The molecule has 0 bridgehead atoms. The van der Waals surface area contributed by atoms with Gasteiger partial charge in [0.1, 0.15) is 11.5 Å². The second kappa shape index (κ2) is 7.42. The van der Waals surface area contributed by atoms with E-state index in [-0.39, 0.29) is 11.9 Å². The van der Waals surface area contributed by atoms with E-state index < -0.39 is 0 Å². The predicted octanol–water partition coefficient (Wildman–Crippen LogP) is 2.37. The fourth-order valence-electron chi connectivity index (χ4n) is 3.09. The summed E-state index contributed by atoms with van der Waals surface area (Å²) in [6.07, 6.45) is 0.458. The summed E-state index contributed by atoms with van der Waals surface area (Å²) in [5.41, 5.74) is 2.04. The third-order valence-electron chi connectivity index (χ3n) is 4.35. The van der Waals surface area contributed by atoms with E-state index in [0.29, 0.717) is 25.5 Å². The maximum absolute atomic E-state index is 12.3. The topological polar surface area (TPSA) is 69.9 Å². The molecule has 6 heteroatoms. The number of aliphatic imine (C=N–C) groups is 1. The number of nitrogens with zero attached hydrogens (tertiary/aromatic N) is 2. The van der Waals surface area contributed by atoms with E-state index in [1.54, 1.807) is 7.05 Å². The lowest BCUT2D eigenvalue weighted by atomic mass is 10.2. The molecule has 25 heavy (non-hydrogen) atoms. The van der Waals surface area contributed by atoms with Crippen LogP contribution in [0.25, 0.3) is 0 Å². The molecule has 6 nitrogen and oxygen atoms in total. The van der Waals surface area contributed by atoms with Crippen molar-refractivity contribution in [3.05, 3.63) is 53.5 Å². The number of carbonyl (C=O) groups excluding carboxylic acids is 1. The largest absolute Gasteiger partial charge is 0.466 e. The molecule has 0 spiro atoms. The van der Waals surface area contributed by atoms with Crippen molar-refractivity contribution in [1.29, 1.82) is 0 Å². The molecular formula is C19H24N4O2. The number of benzene rings is 1.